The van der Waals surface area contributed by atoms with Crippen LogP contribution in [-0.2, 0) is 0 Å². The Morgan fingerprint density at radius 2 is 2.33 bits per heavy atom. The fraction of sp³-hybridized carbons (Fsp3) is 0.0714. The van der Waals surface area contributed by atoms with E-state index >= 15 is 0 Å². The number of hydrogen-bond acceptors (Lipinski definition) is 6. The van der Waals surface area contributed by atoms with Crippen LogP contribution in [0, 0.1) is 11.3 Å². The van der Waals surface area contributed by atoms with Gasteiger partial charge in [-0.1, -0.05) is 6.07 Å². The molecule has 0 bridgehead atoms. The first-order valence-electron chi connectivity index (χ1n) is 5.99. The van der Waals surface area contributed by atoms with Crippen LogP contribution in [0.3, 0.4) is 0 Å². The number of nitrogens with one attached hydrogen (secondary N) is 1. The molecule has 0 aliphatic heterocycles. The monoisotopic (exact) mass is 315 g/mol. The molecule has 0 fully saturated rings. The maximum Gasteiger partial charge on any atom is 0.275 e. The van der Waals surface area contributed by atoms with Crippen LogP contribution in [0.25, 0.3) is 10.6 Å². The fourth-order valence-electron chi connectivity index (χ4n) is 1.82. The third-order valence-corrected chi connectivity index (χ3v) is 4.38. The summed E-state index contributed by atoms with van der Waals surface area (Å²) in [5.41, 5.74) is 0.949. The Balaban J connectivity index is 1.84. The summed E-state index contributed by atoms with van der Waals surface area (Å²) in [6, 6.07) is 6.90. The van der Waals surface area contributed by atoms with Gasteiger partial charge in [0.15, 0.2) is 17.8 Å². The number of nitriles is 1. The number of hydrogen-bond donors (Lipinski definition) is 1. The maximum atomic E-state index is 12.3. The smallest absolute Gasteiger partial charge is 0.275 e. The van der Waals surface area contributed by atoms with Crippen molar-refractivity contribution in [2.75, 3.05) is 0 Å². The molecule has 1 amide bonds. The molecule has 5 nitrogen and oxygen atoms in total. The summed E-state index contributed by atoms with van der Waals surface area (Å²) in [6.07, 6.45) is 1.23. The van der Waals surface area contributed by atoms with Crippen molar-refractivity contribution in [1.29, 1.82) is 5.26 Å². The zero-order chi connectivity index (χ0) is 14.7. The van der Waals surface area contributed by atoms with E-state index < -0.39 is 11.9 Å². The molecule has 104 valence electrons. The second-order valence-corrected chi connectivity index (χ2v) is 5.83. The second kappa shape index (κ2) is 5.91. The Morgan fingerprint density at radius 3 is 3.00 bits per heavy atom. The molecular formula is C14H9N3O2S2. The first kappa shape index (κ1) is 13.5. The fourth-order valence-corrected chi connectivity index (χ4v) is 3.22. The molecule has 3 aromatic heterocycles. The average Bonchev–Trinajstić information content (AvgIpc) is 3.25. The molecule has 0 spiro atoms. The van der Waals surface area contributed by atoms with Gasteiger partial charge in [0.1, 0.15) is 6.04 Å². The van der Waals surface area contributed by atoms with Crippen molar-refractivity contribution in [1.82, 2.24) is 10.3 Å². The zero-order valence-corrected chi connectivity index (χ0v) is 12.3. The quantitative estimate of drug-likeness (QED) is 0.799. The highest BCUT2D eigenvalue weighted by Gasteiger charge is 2.22. The average molecular weight is 315 g/mol. The van der Waals surface area contributed by atoms with Gasteiger partial charge < -0.3 is 9.73 Å². The lowest BCUT2D eigenvalue weighted by molar-refractivity contribution is 0.0941. The third-order valence-electron chi connectivity index (χ3n) is 2.81. The van der Waals surface area contributed by atoms with Crippen LogP contribution < -0.4 is 5.32 Å². The summed E-state index contributed by atoms with van der Waals surface area (Å²) in [5.74, 6) is -0.00518. The SMILES string of the molecule is N#C[C@@H](NC(=O)c1ncoc1-c1cccs1)c1ccsc1. The minimum atomic E-state index is -0.698. The number of thiophene rings is 2. The van der Waals surface area contributed by atoms with E-state index in [0.29, 0.717) is 5.76 Å². The zero-order valence-electron chi connectivity index (χ0n) is 10.6. The minimum Gasteiger partial charge on any atom is -0.442 e. The van der Waals surface area contributed by atoms with Crippen LogP contribution in [-0.4, -0.2) is 10.9 Å². The number of rotatable bonds is 4. The summed E-state index contributed by atoms with van der Waals surface area (Å²) in [5, 5.41) is 17.4. The number of aromatic nitrogens is 1. The third kappa shape index (κ3) is 2.72. The molecule has 3 heterocycles. The molecule has 0 aliphatic carbocycles. The van der Waals surface area contributed by atoms with E-state index in [2.05, 4.69) is 16.4 Å². The molecule has 1 atom stereocenters. The van der Waals surface area contributed by atoms with E-state index in [1.54, 1.807) is 0 Å². The van der Waals surface area contributed by atoms with Crippen LogP contribution in [0.2, 0.25) is 0 Å². The highest BCUT2D eigenvalue weighted by Crippen LogP contribution is 2.28. The first-order chi connectivity index (χ1) is 10.3. The maximum absolute atomic E-state index is 12.3. The van der Waals surface area contributed by atoms with Gasteiger partial charge in [-0.2, -0.15) is 16.6 Å². The Hall–Kier alpha value is -2.43. The van der Waals surface area contributed by atoms with E-state index in [-0.39, 0.29) is 5.69 Å². The van der Waals surface area contributed by atoms with Crippen molar-refractivity contribution in [3.05, 3.63) is 52.0 Å². The molecule has 0 aromatic carbocycles. The molecule has 1 N–H and O–H groups in total. The predicted octanol–water partition coefficient (Wildman–Crippen LogP) is 3.46. The number of carbonyl (C=O) groups is 1. The van der Waals surface area contributed by atoms with Gasteiger partial charge in [-0.3, -0.25) is 4.79 Å². The number of amides is 1. The van der Waals surface area contributed by atoms with E-state index in [0.717, 1.165) is 10.4 Å². The number of nitrogens with zero attached hydrogens (tertiary/aromatic N) is 2. The van der Waals surface area contributed by atoms with Gasteiger partial charge in [0, 0.05) is 0 Å². The molecule has 0 radical (unpaired) electrons. The summed E-state index contributed by atoms with van der Waals surface area (Å²) < 4.78 is 5.29. The van der Waals surface area contributed by atoms with E-state index in [9.17, 15) is 10.1 Å². The lowest BCUT2D eigenvalue weighted by Crippen LogP contribution is -2.28. The van der Waals surface area contributed by atoms with Crippen LogP contribution in [0.5, 0.6) is 0 Å². The van der Waals surface area contributed by atoms with Crippen molar-refractivity contribution in [3.8, 4) is 16.7 Å². The predicted molar refractivity (Wildman–Crippen MR) is 80.0 cm³/mol. The van der Waals surface area contributed by atoms with Crippen molar-refractivity contribution in [2.24, 2.45) is 0 Å². The van der Waals surface area contributed by atoms with Crippen LogP contribution >= 0.6 is 22.7 Å². The van der Waals surface area contributed by atoms with E-state index in [1.807, 2.05) is 34.3 Å². The molecule has 0 unspecified atom stereocenters. The number of oxazole rings is 1. The van der Waals surface area contributed by atoms with Crippen molar-refractivity contribution < 1.29 is 9.21 Å². The van der Waals surface area contributed by atoms with Gasteiger partial charge in [-0.25, -0.2) is 4.98 Å². The summed E-state index contributed by atoms with van der Waals surface area (Å²) in [4.78, 5) is 17.1. The highest BCUT2D eigenvalue weighted by atomic mass is 32.1. The second-order valence-electron chi connectivity index (χ2n) is 4.10. The molecule has 0 saturated carbocycles. The lowest BCUT2D eigenvalue weighted by Gasteiger charge is -2.09. The van der Waals surface area contributed by atoms with Crippen LogP contribution in [0.1, 0.15) is 22.1 Å². The van der Waals surface area contributed by atoms with Gasteiger partial charge in [0.05, 0.1) is 10.9 Å². The largest absolute Gasteiger partial charge is 0.442 e. The molecule has 3 rings (SSSR count). The van der Waals surface area contributed by atoms with Gasteiger partial charge in [-0.15, -0.1) is 11.3 Å². The first-order valence-corrected chi connectivity index (χ1v) is 7.82. The Kier molecular flexibility index (Phi) is 3.81. The Bertz CT molecular complexity index is 770. The normalized spacial score (nSPS) is 11.8. The molecule has 0 saturated heterocycles. The number of carbonyl (C=O) groups excluding carboxylic acids is 1. The van der Waals surface area contributed by atoms with Crippen molar-refractivity contribution in [3.63, 3.8) is 0 Å². The summed E-state index contributed by atoms with van der Waals surface area (Å²) in [7, 11) is 0. The molecule has 3 aromatic rings. The van der Waals surface area contributed by atoms with Gasteiger partial charge in [0.2, 0.25) is 0 Å². The van der Waals surface area contributed by atoms with Crippen molar-refractivity contribution in [2.45, 2.75) is 6.04 Å². The van der Waals surface area contributed by atoms with Gasteiger partial charge in [0.25, 0.3) is 5.91 Å². The van der Waals surface area contributed by atoms with E-state index in [1.165, 1.54) is 29.1 Å². The van der Waals surface area contributed by atoms with Crippen molar-refractivity contribution >= 4 is 28.6 Å². The summed E-state index contributed by atoms with van der Waals surface area (Å²) >= 11 is 2.93. The Morgan fingerprint density at radius 1 is 1.43 bits per heavy atom. The molecule has 7 heteroatoms. The Labute approximate surface area is 128 Å². The molecular weight excluding hydrogens is 306 g/mol. The van der Waals surface area contributed by atoms with E-state index in [4.69, 9.17) is 4.42 Å². The minimum absolute atomic E-state index is 0.188. The topological polar surface area (TPSA) is 78.9 Å². The van der Waals surface area contributed by atoms with Gasteiger partial charge in [-0.05, 0) is 33.8 Å². The summed E-state index contributed by atoms with van der Waals surface area (Å²) in [6.45, 7) is 0. The molecule has 21 heavy (non-hydrogen) atoms. The standard InChI is InChI=1S/C14H9N3O2S2/c15-6-10(9-3-5-20-7-9)17-14(18)12-13(19-8-16-12)11-2-1-4-21-11/h1-5,7-8,10H,(H,17,18)/t10-/m1/s1. The van der Waals surface area contributed by atoms with Crippen LogP contribution in [0.4, 0.5) is 0 Å². The lowest BCUT2D eigenvalue weighted by atomic mass is 10.1. The van der Waals surface area contributed by atoms with Crippen LogP contribution in [0.15, 0.2) is 45.2 Å². The van der Waals surface area contributed by atoms with Gasteiger partial charge >= 0.3 is 0 Å². The highest BCUT2D eigenvalue weighted by molar-refractivity contribution is 7.13. The molecule has 0 aliphatic rings.